The molecular formula is C25H39N3O4S2. The van der Waals surface area contributed by atoms with Crippen LogP contribution in [0.3, 0.4) is 0 Å². The molecule has 0 radical (unpaired) electrons. The molecular weight excluding hydrogens is 470 g/mol. The molecule has 2 rings (SSSR count). The lowest BCUT2D eigenvalue weighted by Gasteiger charge is -2.29. The van der Waals surface area contributed by atoms with Gasteiger partial charge < -0.3 is 20.9 Å². The van der Waals surface area contributed by atoms with Crippen molar-refractivity contribution in [2.24, 2.45) is 17.6 Å². The number of aliphatic carboxylic acids is 1. The number of nitrogens with zero attached hydrogens (tertiary/aromatic N) is 1. The molecule has 0 aromatic heterocycles. The Morgan fingerprint density at radius 3 is 2.62 bits per heavy atom. The standard InChI is InChI=1S/C25H39N3O4S2/c1-17(2)18(9-10-19(26)16-33)14-28-15-21(32-20-7-5-4-6-8-20)13-23(28)24(29)27-22(25(30)31)11-12-34-3/h4-10,17-19,21-23,33H,11-16,26H2,1-3H3,(H,27,29)(H,30,31)/b10-9+/t18-,19-,21+,22+,23+/m1/s1. The molecule has 1 heterocycles. The Morgan fingerprint density at radius 2 is 2.03 bits per heavy atom. The quantitative estimate of drug-likeness (QED) is 0.226. The summed E-state index contributed by atoms with van der Waals surface area (Å²) in [4.78, 5) is 27.1. The van der Waals surface area contributed by atoms with Crippen LogP contribution in [-0.2, 0) is 9.59 Å². The van der Waals surface area contributed by atoms with Gasteiger partial charge in [0.05, 0.1) is 6.04 Å². The molecule has 34 heavy (non-hydrogen) atoms. The fraction of sp³-hybridized carbons (Fsp3) is 0.600. The van der Waals surface area contributed by atoms with Crippen LogP contribution < -0.4 is 15.8 Å². The third-order valence-electron chi connectivity index (χ3n) is 6.06. The van der Waals surface area contributed by atoms with Crippen LogP contribution in [-0.4, -0.2) is 77.0 Å². The number of carbonyl (C=O) groups is 2. The Balaban J connectivity index is 2.18. The minimum absolute atomic E-state index is 0.121. The molecule has 1 aliphatic rings. The highest BCUT2D eigenvalue weighted by Gasteiger charge is 2.40. The summed E-state index contributed by atoms with van der Waals surface area (Å²) in [6.45, 7) is 5.54. The molecule has 1 fully saturated rings. The Labute approximate surface area is 213 Å². The molecule has 4 N–H and O–H groups in total. The molecule has 0 unspecified atom stereocenters. The second-order valence-electron chi connectivity index (χ2n) is 9.08. The van der Waals surface area contributed by atoms with Crippen molar-refractivity contribution < 1.29 is 19.4 Å². The third-order valence-corrected chi connectivity index (χ3v) is 7.12. The third kappa shape index (κ3) is 9.17. The molecule has 190 valence electrons. The number of nitrogens with two attached hydrogens (primary N) is 1. The highest BCUT2D eigenvalue weighted by molar-refractivity contribution is 7.98. The first-order chi connectivity index (χ1) is 16.2. The highest BCUT2D eigenvalue weighted by Crippen LogP contribution is 2.26. The van der Waals surface area contributed by atoms with Gasteiger partial charge in [0, 0.05) is 31.3 Å². The van der Waals surface area contributed by atoms with Gasteiger partial charge in [0.15, 0.2) is 0 Å². The van der Waals surface area contributed by atoms with Gasteiger partial charge >= 0.3 is 5.97 Å². The molecule has 1 amide bonds. The summed E-state index contributed by atoms with van der Waals surface area (Å²) in [5.41, 5.74) is 6.02. The molecule has 1 aliphatic heterocycles. The lowest BCUT2D eigenvalue weighted by Crippen LogP contribution is -2.50. The van der Waals surface area contributed by atoms with E-state index >= 15 is 0 Å². The SMILES string of the molecule is CSCC[C@H](NC(=O)[C@@H]1C[C@H](Oc2ccccc2)CN1C[C@@H](/C=C/[C@@H](N)CS)C(C)C)C(=O)O. The molecule has 0 bridgehead atoms. The number of hydrogen-bond acceptors (Lipinski definition) is 7. The monoisotopic (exact) mass is 509 g/mol. The summed E-state index contributed by atoms with van der Waals surface area (Å²) in [6, 6.07) is 8.09. The smallest absolute Gasteiger partial charge is 0.326 e. The average Bonchev–Trinajstić information content (AvgIpc) is 3.21. The number of nitrogens with one attached hydrogen (secondary N) is 1. The van der Waals surface area contributed by atoms with Crippen LogP contribution >= 0.6 is 24.4 Å². The number of para-hydroxylation sites is 1. The second-order valence-corrected chi connectivity index (χ2v) is 10.4. The normalized spacial score (nSPS) is 21.5. The first-order valence-corrected chi connectivity index (χ1v) is 13.8. The van der Waals surface area contributed by atoms with Gasteiger partial charge in [-0.25, -0.2) is 4.79 Å². The van der Waals surface area contributed by atoms with E-state index in [2.05, 4.69) is 42.8 Å². The van der Waals surface area contributed by atoms with Crippen LogP contribution in [0, 0.1) is 11.8 Å². The number of rotatable bonds is 14. The molecule has 0 spiro atoms. The van der Waals surface area contributed by atoms with E-state index in [0.717, 1.165) is 5.75 Å². The van der Waals surface area contributed by atoms with E-state index in [-0.39, 0.29) is 24.0 Å². The number of amides is 1. The predicted molar refractivity (Wildman–Crippen MR) is 143 cm³/mol. The summed E-state index contributed by atoms with van der Waals surface area (Å²) < 4.78 is 6.17. The number of hydrogen-bond donors (Lipinski definition) is 4. The van der Waals surface area contributed by atoms with Gasteiger partial charge in [0.1, 0.15) is 17.9 Å². The summed E-state index contributed by atoms with van der Waals surface area (Å²) in [5.74, 6) is 1.25. The molecule has 7 nitrogen and oxygen atoms in total. The van der Waals surface area contributed by atoms with E-state index in [1.54, 1.807) is 11.8 Å². The van der Waals surface area contributed by atoms with Crippen molar-refractivity contribution in [1.29, 1.82) is 0 Å². The number of thiol groups is 1. The Kier molecular flexibility index (Phi) is 12.3. The molecule has 5 atom stereocenters. The van der Waals surface area contributed by atoms with E-state index < -0.39 is 18.1 Å². The largest absolute Gasteiger partial charge is 0.489 e. The maximum Gasteiger partial charge on any atom is 0.326 e. The van der Waals surface area contributed by atoms with Gasteiger partial charge in [-0.2, -0.15) is 24.4 Å². The first kappa shape index (κ1) is 28.6. The summed E-state index contributed by atoms with van der Waals surface area (Å²) >= 11 is 5.82. The van der Waals surface area contributed by atoms with Gasteiger partial charge in [-0.05, 0) is 42.4 Å². The van der Waals surface area contributed by atoms with E-state index in [4.69, 9.17) is 10.5 Å². The zero-order valence-corrected chi connectivity index (χ0v) is 22.0. The van der Waals surface area contributed by atoms with Crippen LogP contribution in [0.2, 0.25) is 0 Å². The van der Waals surface area contributed by atoms with Gasteiger partial charge in [0.25, 0.3) is 0 Å². The van der Waals surface area contributed by atoms with Crippen molar-refractivity contribution >= 4 is 36.3 Å². The number of carboxylic acids is 1. The second kappa shape index (κ2) is 14.7. The van der Waals surface area contributed by atoms with E-state index in [1.807, 2.05) is 42.7 Å². The minimum atomic E-state index is -1.01. The van der Waals surface area contributed by atoms with Gasteiger partial charge in [-0.3, -0.25) is 9.69 Å². The summed E-state index contributed by atoms with van der Waals surface area (Å²) in [7, 11) is 0. The minimum Gasteiger partial charge on any atom is -0.489 e. The van der Waals surface area contributed by atoms with Crippen molar-refractivity contribution in [1.82, 2.24) is 10.2 Å². The summed E-state index contributed by atoms with van der Waals surface area (Å²) in [5, 5.41) is 12.4. The molecule has 0 aliphatic carbocycles. The number of benzene rings is 1. The van der Waals surface area contributed by atoms with E-state index in [9.17, 15) is 14.7 Å². The lowest BCUT2D eigenvalue weighted by molar-refractivity contribution is -0.142. The van der Waals surface area contributed by atoms with Gasteiger partial charge in [0.2, 0.25) is 5.91 Å². The van der Waals surface area contributed by atoms with Crippen molar-refractivity contribution in [3.05, 3.63) is 42.5 Å². The Morgan fingerprint density at radius 1 is 1.32 bits per heavy atom. The van der Waals surface area contributed by atoms with Crippen LogP contribution in [0.25, 0.3) is 0 Å². The predicted octanol–water partition coefficient (Wildman–Crippen LogP) is 2.92. The molecule has 0 saturated carbocycles. The molecule has 1 aromatic rings. The number of likely N-dealkylation sites (tertiary alicyclic amines) is 1. The topological polar surface area (TPSA) is 105 Å². The Hall–Kier alpha value is -1.68. The van der Waals surface area contributed by atoms with Crippen molar-refractivity contribution in [2.45, 2.75) is 50.9 Å². The maximum atomic E-state index is 13.3. The molecule has 1 aromatic carbocycles. The number of thioether (sulfide) groups is 1. The molecule has 1 saturated heterocycles. The number of carboxylic acid groups (broad SMARTS) is 1. The average molecular weight is 510 g/mol. The van der Waals surface area contributed by atoms with Gasteiger partial charge in [-0.15, -0.1) is 0 Å². The number of carbonyl (C=O) groups excluding carboxylic acids is 1. The van der Waals surface area contributed by atoms with Gasteiger partial charge in [-0.1, -0.05) is 44.2 Å². The van der Waals surface area contributed by atoms with Crippen molar-refractivity contribution in [2.75, 3.05) is 30.9 Å². The van der Waals surface area contributed by atoms with Crippen molar-refractivity contribution in [3.63, 3.8) is 0 Å². The maximum absolute atomic E-state index is 13.3. The van der Waals surface area contributed by atoms with Crippen LogP contribution in [0.4, 0.5) is 0 Å². The zero-order valence-electron chi connectivity index (χ0n) is 20.3. The fourth-order valence-corrected chi connectivity index (χ4v) is 4.58. The first-order valence-electron chi connectivity index (χ1n) is 11.8. The number of ether oxygens (including phenoxy) is 1. The fourth-order valence-electron chi connectivity index (χ4n) is 3.98. The highest BCUT2D eigenvalue weighted by atomic mass is 32.2. The summed E-state index contributed by atoms with van der Waals surface area (Å²) in [6.07, 6.45) is 6.74. The van der Waals surface area contributed by atoms with E-state index in [0.29, 0.717) is 43.4 Å². The zero-order chi connectivity index (χ0) is 25.1. The van der Waals surface area contributed by atoms with Crippen molar-refractivity contribution in [3.8, 4) is 5.75 Å². The van der Waals surface area contributed by atoms with Crippen LogP contribution in [0.15, 0.2) is 42.5 Å². The molecule has 9 heteroatoms. The lowest BCUT2D eigenvalue weighted by atomic mass is 9.94. The Bertz CT molecular complexity index is 794. The van der Waals surface area contributed by atoms with E-state index in [1.165, 1.54) is 0 Å². The van der Waals surface area contributed by atoms with Crippen LogP contribution in [0.5, 0.6) is 5.75 Å². The van der Waals surface area contributed by atoms with Crippen LogP contribution in [0.1, 0.15) is 26.7 Å².